The zero-order chi connectivity index (χ0) is 13.8. The van der Waals surface area contributed by atoms with Gasteiger partial charge < -0.3 is 15.4 Å². The lowest BCUT2D eigenvalue weighted by atomic mass is 10.2. The van der Waals surface area contributed by atoms with E-state index in [-0.39, 0.29) is 16.7 Å². The third-order valence-corrected chi connectivity index (χ3v) is 3.50. The van der Waals surface area contributed by atoms with Gasteiger partial charge in [0.05, 0.1) is 24.6 Å². The van der Waals surface area contributed by atoms with E-state index in [4.69, 9.17) is 22.1 Å². The van der Waals surface area contributed by atoms with Crippen molar-refractivity contribution in [3.63, 3.8) is 0 Å². The highest BCUT2D eigenvalue weighted by atomic mass is 35.5. The van der Waals surface area contributed by atoms with Crippen molar-refractivity contribution in [1.82, 2.24) is 9.78 Å². The highest BCUT2D eigenvalue weighted by Crippen LogP contribution is 2.22. The summed E-state index contributed by atoms with van der Waals surface area (Å²) < 4.78 is 6.89. The summed E-state index contributed by atoms with van der Waals surface area (Å²) in [4.78, 5) is 14.1. The molecule has 7 heteroatoms. The molecule has 19 heavy (non-hydrogen) atoms. The molecule has 1 atom stereocenters. The Balaban J connectivity index is 2.25. The van der Waals surface area contributed by atoms with Crippen LogP contribution in [0.2, 0.25) is 5.02 Å². The molecule has 0 radical (unpaired) electrons. The maximum Gasteiger partial charge on any atom is 0.287 e. The molecule has 6 nitrogen and oxygen atoms in total. The maximum atomic E-state index is 12.1. The Kier molecular flexibility index (Phi) is 4.79. The molecule has 1 aromatic rings. The number of nitrogens with zero attached hydrogens (tertiary/aromatic N) is 3. The standard InChI is InChI=1S/C12H19ClN4O2/c1-2-3-17-12(18)11(13)10(7-15-17)16-4-5-19-9(6-14)8-16/h7,9H,2-6,8,14H2,1H3. The van der Waals surface area contributed by atoms with E-state index < -0.39 is 0 Å². The molecule has 1 fully saturated rings. The topological polar surface area (TPSA) is 73.4 Å². The number of rotatable bonds is 4. The van der Waals surface area contributed by atoms with E-state index in [1.54, 1.807) is 6.20 Å². The summed E-state index contributed by atoms with van der Waals surface area (Å²) >= 11 is 6.17. The summed E-state index contributed by atoms with van der Waals surface area (Å²) in [5, 5.41) is 4.38. The fourth-order valence-corrected chi connectivity index (χ4v) is 2.39. The number of anilines is 1. The lowest BCUT2D eigenvalue weighted by Gasteiger charge is -2.34. The second-order valence-corrected chi connectivity index (χ2v) is 4.92. The number of hydrogen-bond donors (Lipinski definition) is 1. The lowest BCUT2D eigenvalue weighted by molar-refractivity contribution is 0.0465. The Bertz CT molecular complexity index is 491. The van der Waals surface area contributed by atoms with Crippen LogP contribution in [0.3, 0.4) is 0 Å². The third-order valence-electron chi connectivity index (χ3n) is 3.14. The molecule has 0 spiro atoms. The van der Waals surface area contributed by atoms with E-state index in [9.17, 15) is 4.79 Å². The molecule has 1 aromatic heterocycles. The van der Waals surface area contributed by atoms with Gasteiger partial charge in [-0.25, -0.2) is 4.68 Å². The van der Waals surface area contributed by atoms with Crippen molar-refractivity contribution in [3.05, 3.63) is 21.6 Å². The molecule has 0 aliphatic carbocycles. The number of ether oxygens (including phenoxy) is 1. The second-order valence-electron chi connectivity index (χ2n) is 4.55. The first-order valence-electron chi connectivity index (χ1n) is 6.49. The minimum absolute atomic E-state index is 0.0251. The normalized spacial score (nSPS) is 19.7. The molecule has 0 aromatic carbocycles. The summed E-state index contributed by atoms with van der Waals surface area (Å²) in [6.45, 7) is 4.92. The van der Waals surface area contributed by atoms with Crippen molar-refractivity contribution < 1.29 is 4.74 Å². The summed E-state index contributed by atoms with van der Waals surface area (Å²) in [6.07, 6.45) is 2.47. The first-order chi connectivity index (χ1) is 9.17. The van der Waals surface area contributed by atoms with Gasteiger partial charge in [-0.3, -0.25) is 4.79 Å². The number of hydrogen-bond acceptors (Lipinski definition) is 5. The van der Waals surface area contributed by atoms with Gasteiger partial charge in [0.25, 0.3) is 5.56 Å². The number of morpholine rings is 1. The van der Waals surface area contributed by atoms with Crippen molar-refractivity contribution in [2.45, 2.75) is 26.0 Å². The van der Waals surface area contributed by atoms with Gasteiger partial charge in [-0.1, -0.05) is 18.5 Å². The van der Waals surface area contributed by atoms with Crippen LogP contribution in [0, 0.1) is 0 Å². The van der Waals surface area contributed by atoms with Crippen LogP contribution in [0.4, 0.5) is 5.69 Å². The molecular weight excluding hydrogens is 268 g/mol. The van der Waals surface area contributed by atoms with Gasteiger partial charge in [-0.05, 0) is 6.42 Å². The minimum atomic E-state index is -0.239. The molecule has 2 heterocycles. The average molecular weight is 287 g/mol. The van der Waals surface area contributed by atoms with E-state index in [1.807, 2.05) is 11.8 Å². The molecule has 0 bridgehead atoms. The van der Waals surface area contributed by atoms with Crippen molar-refractivity contribution >= 4 is 17.3 Å². The number of nitrogens with two attached hydrogens (primary N) is 1. The number of aryl methyl sites for hydroxylation is 1. The van der Waals surface area contributed by atoms with Crippen LogP contribution < -0.4 is 16.2 Å². The SMILES string of the molecule is CCCn1ncc(N2CCOC(CN)C2)c(Cl)c1=O. The van der Waals surface area contributed by atoms with Crippen molar-refractivity contribution in [2.24, 2.45) is 5.73 Å². The van der Waals surface area contributed by atoms with Crippen molar-refractivity contribution in [2.75, 3.05) is 31.1 Å². The predicted molar refractivity (Wildman–Crippen MR) is 74.8 cm³/mol. The molecule has 0 amide bonds. The zero-order valence-corrected chi connectivity index (χ0v) is 11.8. The molecule has 0 saturated carbocycles. The van der Waals surface area contributed by atoms with Crippen LogP contribution >= 0.6 is 11.6 Å². The maximum absolute atomic E-state index is 12.1. The molecule has 1 saturated heterocycles. The van der Waals surface area contributed by atoms with Crippen molar-refractivity contribution in [3.8, 4) is 0 Å². The van der Waals surface area contributed by atoms with Gasteiger partial charge in [-0.2, -0.15) is 5.10 Å². The molecule has 1 aliphatic rings. The van der Waals surface area contributed by atoms with Gasteiger partial charge in [0, 0.05) is 26.2 Å². The van der Waals surface area contributed by atoms with Crippen LogP contribution in [0.25, 0.3) is 0 Å². The molecule has 106 valence electrons. The Hall–Kier alpha value is -1.11. The van der Waals surface area contributed by atoms with E-state index in [1.165, 1.54) is 4.68 Å². The summed E-state index contributed by atoms with van der Waals surface area (Å²) in [5.74, 6) is 0. The monoisotopic (exact) mass is 286 g/mol. The van der Waals surface area contributed by atoms with Crippen LogP contribution in [-0.2, 0) is 11.3 Å². The van der Waals surface area contributed by atoms with Gasteiger partial charge in [-0.15, -0.1) is 0 Å². The van der Waals surface area contributed by atoms with Gasteiger partial charge in [0.1, 0.15) is 5.02 Å². The lowest BCUT2D eigenvalue weighted by Crippen LogP contribution is -2.46. The van der Waals surface area contributed by atoms with E-state index >= 15 is 0 Å². The van der Waals surface area contributed by atoms with Crippen LogP contribution in [0.5, 0.6) is 0 Å². The first kappa shape index (κ1) is 14.3. The molecule has 2 N–H and O–H groups in total. The Labute approximate surface area is 117 Å². The predicted octanol–water partition coefficient (Wildman–Crippen LogP) is 0.471. The summed E-state index contributed by atoms with van der Waals surface area (Å²) in [5.41, 5.74) is 6.04. The summed E-state index contributed by atoms with van der Waals surface area (Å²) in [7, 11) is 0. The fraction of sp³-hybridized carbons (Fsp3) is 0.667. The molecule has 1 aliphatic heterocycles. The van der Waals surface area contributed by atoms with E-state index in [2.05, 4.69) is 5.10 Å². The van der Waals surface area contributed by atoms with Gasteiger partial charge >= 0.3 is 0 Å². The Morgan fingerprint density at radius 3 is 3.11 bits per heavy atom. The zero-order valence-electron chi connectivity index (χ0n) is 11.0. The molecule has 1 unspecified atom stereocenters. The van der Waals surface area contributed by atoms with Crippen LogP contribution in [0.15, 0.2) is 11.0 Å². The average Bonchev–Trinajstić information content (AvgIpc) is 2.44. The molecule has 2 rings (SSSR count). The minimum Gasteiger partial charge on any atom is -0.373 e. The largest absolute Gasteiger partial charge is 0.373 e. The fourth-order valence-electron chi connectivity index (χ4n) is 2.13. The second kappa shape index (κ2) is 6.36. The Morgan fingerprint density at radius 2 is 2.42 bits per heavy atom. The van der Waals surface area contributed by atoms with Crippen LogP contribution in [0.1, 0.15) is 13.3 Å². The smallest absolute Gasteiger partial charge is 0.287 e. The van der Waals surface area contributed by atoms with Gasteiger partial charge in [0.2, 0.25) is 0 Å². The van der Waals surface area contributed by atoms with Crippen LogP contribution in [-0.4, -0.2) is 42.1 Å². The number of aromatic nitrogens is 2. The van der Waals surface area contributed by atoms with Gasteiger partial charge in [0.15, 0.2) is 0 Å². The van der Waals surface area contributed by atoms with E-state index in [0.29, 0.717) is 38.5 Å². The molecular formula is C12H19ClN4O2. The first-order valence-corrected chi connectivity index (χ1v) is 6.87. The van der Waals surface area contributed by atoms with Crippen molar-refractivity contribution in [1.29, 1.82) is 0 Å². The quantitative estimate of drug-likeness (QED) is 0.871. The Morgan fingerprint density at radius 1 is 1.63 bits per heavy atom. The third kappa shape index (κ3) is 3.08. The highest BCUT2D eigenvalue weighted by Gasteiger charge is 2.22. The van der Waals surface area contributed by atoms with E-state index in [0.717, 1.165) is 6.42 Å². The highest BCUT2D eigenvalue weighted by molar-refractivity contribution is 6.33. The summed E-state index contributed by atoms with van der Waals surface area (Å²) in [6, 6.07) is 0. The number of halogens is 1.